The first-order chi connectivity index (χ1) is 10.9. The van der Waals surface area contributed by atoms with Gasteiger partial charge in [0.05, 0.1) is 0 Å². The Balaban J connectivity index is 4.26. The van der Waals surface area contributed by atoms with Crippen LogP contribution in [0.1, 0.15) is 97.8 Å². The fourth-order valence-corrected chi connectivity index (χ4v) is 3.12. The molecule has 23 heavy (non-hydrogen) atoms. The number of aliphatic carboxylic acids is 1. The van der Waals surface area contributed by atoms with Gasteiger partial charge < -0.3 is 10.8 Å². The minimum atomic E-state index is -1.15. The van der Waals surface area contributed by atoms with Crippen molar-refractivity contribution < 1.29 is 14.7 Å². The van der Waals surface area contributed by atoms with E-state index in [1.165, 1.54) is 6.92 Å². The second-order valence-electron chi connectivity index (χ2n) is 7.04. The van der Waals surface area contributed by atoms with Gasteiger partial charge in [-0.1, -0.05) is 64.7 Å². The summed E-state index contributed by atoms with van der Waals surface area (Å²) in [6.45, 7) is 5.59. The molecular formula is C19H37NO3. The largest absolute Gasteiger partial charge is 0.480 e. The van der Waals surface area contributed by atoms with Crippen molar-refractivity contribution in [2.24, 2.45) is 11.1 Å². The van der Waals surface area contributed by atoms with Gasteiger partial charge in [0.2, 0.25) is 0 Å². The number of carboxylic acid groups (broad SMARTS) is 1. The van der Waals surface area contributed by atoms with Gasteiger partial charge >= 0.3 is 5.97 Å². The Bertz CT molecular complexity index is 326. The molecule has 0 rings (SSSR count). The molecule has 0 saturated carbocycles. The molecule has 2 unspecified atom stereocenters. The molecule has 0 heterocycles. The van der Waals surface area contributed by atoms with E-state index in [-0.39, 0.29) is 11.8 Å². The number of ketones is 1. The number of hydrogen-bond donors (Lipinski definition) is 2. The predicted molar refractivity (Wildman–Crippen MR) is 95.5 cm³/mol. The fourth-order valence-electron chi connectivity index (χ4n) is 3.12. The lowest BCUT2D eigenvalue weighted by Gasteiger charge is -2.26. The molecule has 0 aliphatic heterocycles. The van der Waals surface area contributed by atoms with Gasteiger partial charge in [0.25, 0.3) is 0 Å². The zero-order valence-corrected chi connectivity index (χ0v) is 15.4. The first kappa shape index (κ1) is 22.1. The van der Waals surface area contributed by atoms with Crippen LogP contribution in [0.2, 0.25) is 0 Å². The van der Waals surface area contributed by atoms with Crippen molar-refractivity contribution in [1.82, 2.24) is 0 Å². The summed E-state index contributed by atoms with van der Waals surface area (Å²) in [5.41, 5.74) is 4.57. The van der Waals surface area contributed by atoms with Crippen LogP contribution < -0.4 is 5.73 Å². The van der Waals surface area contributed by atoms with Crippen LogP contribution in [0.5, 0.6) is 0 Å². The summed E-state index contributed by atoms with van der Waals surface area (Å²) in [7, 11) is 0. The minimum Gasteiger partial charge on any atom is -0.480 e. The number of nitrogens with two attached hydrogens (primary N) is 1. The second-order valence-corrected chi connectivity index (χ2v) is 7.04. The quantitative estimate of drug-likeness (QED) is 0.337. The van der Waals surface area contributed by atoms with Crippen molar-refractivity contribution in [2.75, 3.05) is 0 Å². The second kappa shape index (κ2) is 12.5. The monoisotopic (exact) mass is 327 g/mol. The number of carbonyl (C=O) groups excluding carboxylic acids is 1. The van der Waals surface area contributed by atoms with Gasteiger partial charge in [-0.05, 0) is 33.1 Å². The highest BCUT2D eigenvalue weighted by molar-refractivity contribution is 6.01. The molecule has 3 N–H and O–H groups in total. The molecule has 0 amide bonds. The van der Waals surface area contributed by atoms with Gasteiger partial charge in [0, 0.05) is 6.04 Å². The van der Waals surface area contributed by atoms with Gasteiger partial charge in [-0.15, -0.1) is 0 Å². The summed E-state index contributed by atoms with van der Waals surface area (Å²) in [6.07, 6.45) is 11.2. The van der Waals surface area contributed by atoms with E-state index in [0.29, 0.717) is 12.8 Å². The number of carboxylic acids is 1. The summed E-state index contributed by atoms with van der Waals surface area (Å²) in [4.78, 5) is 23.8. The third-order valence-corrected chi connectivity index (χ3v) is 4.80. The van der Waals surface area contributed by atoms with Crippen molar-refractivity contribution >= 4 is 11.8 Å². The van der Waals surface area contributed by atoms with Crippen LogP contribution in [0.25, 0.3) is 0 Å². The van der Waals surface area contributed by atoms with Gasteiger partial charge in [-0.3, -0.25) is 9.59 Å². The summed E-state index contributed by atoms with van der Waals surface area (Å²) in [6, 6.07) is 0.260. The zero-order chi connectivity index (χ0) is 17.7. The Morgan fingerprint density at radius 3 is 1.87 bits per heavy atom. The summed E-state index contributed by atoms with van der Waals surface area (Å²) in [5, 5.41) is 9.62. The Hall–Kier alpha value is -0.900. The van der Waals surface area contributed by atoms with Crippen LogP contribution in [0.3, 0.4) is 0 Å². The third-order valence-electron chi connectivity index (χ3n) is 4.80. The number of unbranched alkanes of at least 4 members (excludes halogenated alkanes) is 7. The van der Waals surface area contributed by atoms with E-state index in [1.54, 1.807) is 0 Å². The maximum Gasteiger partial charge on any atom is 0.317 e. The number of carbonyl (C=O) groups is 2. The lowest BCUT2D eigenvalue weighted by Crippen LogP contribution is -2.38. The van der Waals surface area contributed by atoms with Crippen molar-refractivity contribution in [2.45, 2.75) is 104 Å². The average Bonchev–Trinajstić information content (AvgIpc) is 2.47. The fraction of sp³-hybridized carbons (Fsp3) is 0.895. The highest BCUT2D eigenvalue weighted by Crippen LogP contribution is 2.33. The molecule has 0 bridgehead atoms. The molecule has 0 spiro atoms. The zero-order valence-electron chi connectivity index (χ0n) is 15.4. The molecule has 0 saturated heterocycles. The van der Waals surface area contributed by atoms with Crippen molar-refractivity contribution in [3.05, 3.63) is 0 Å². The maximum atomic E-state index is 12.0. The Morgan fingerprint density at radius 1 is 0.957 bits per heavy atom. The molecule has 0 aromatic carbocycles. The van der Waals surface area contributed by atoms with Gasteiger partial charge in [-0.2, -0.15) is 0 Å². The van der Waals surface area contributed by atoms with Crippen LogP contribution in [-0.2, 0) is 9.59 Å². The van der Waals surface area contributed by atoms with Crippen molar-refractivity contribution in [3.8, 4) is 0 Å². The van der Waals surface area contributed by atoms with Crippen LogP contribution in [0, 0.1) is 5.41 Å². The van der Waals surface area contributed by atoms with E-state index in [9.17, 15) is 14.7 Å². The van der Waals surface area contributed by atoms with E-state index in [2.05, 4.69) is 6.92 Å². The number of rotatable bonds is 15. The lowest BCUT2D eigenvalue weighted by molar-refractivity contribution is -0.155. The topological polar surface area (TPSA) is 80.4 Å². The van der Waals surface area contributed by atoms with Crippen LogP contribution >= 0.6 is 0 Å². The molecule has 136 valence electrons. The molecule has 0 aromatic rings. The standard InChI is InChI=1S/C19H37NO3/c1-4-5-6-11-14-19(17(3)21,18(22)23)15-12-9-7-8-10-13-16(2)20/h16H,4-15,20H2,1-3H3,(H,22,23). The first-order valence-corrected chi connectivity index (χ1v) is 9.37. The highest BCUT2D eigenvalue weighted by Gasteiger charge is 2.42. The van der Waals surface area contributed by atoms with E-state index in [1.807, 2.05) is 6.92 Å². The molecule has 0 fully saturated rings. The summed E-state index contributed by atoms with van der Waals surface area (Å²) < 4.78 is 0. The summed E-state index contributed by atoms with van der Waals surface area (Å²) >= 11 is 0. The Morgan fingerprint density at radius 2 is 1.43 bits per heavy atom. The molecule has 0 radical (unpaired) electrons. The molecule has 0 aromatic heterocycles. The van der Waals surface area contributed by atoms with Gasteiger partial charge in [0.1, 0.15) is 11.2 Å². The third kappa shape index (κ3) is 9.09. The SMILES string of the molecule is CCCCCCC(CCCCCCCC(C)N)(C(C)=O)C(=O)O. The molecule has 0 aliphatic rings. The number of Topliss-reactive ketones (excluding diaryl/α,β-unsaturated/α-hetero) is 1. The molecule has 0 aliphatic carbocycles. The minimum absolute atomic E-state index is 0.182. The highest BCUT2D eigenvalue weighted by atomic mass is 16.4. The van der Waals surface area contributed by atoms with Crippen LogP contribution in [0.15, 0.2) is 0 Å². The molecule has 4 nitrogen and oxygen atoms in total. The molecule has 4 heteroatoms. The first-order valence-electron chi connectivity index (χ1n) is 9.37. The maximum absolute atomic E-state index is 12.0. The normalized spacial score (nSPS) is 15.1. The molecule has 2 atom stereocenters. The molecular weight excluding hydrogens is 290 g/mol. The number of hydrogen-bond acceptors (Lipinski definition) is 3. The average molecular weight is 328 g/mol. The van der Waals surface area contributed by atoms with E-state index in [4.69, 9.17) is 5.73 Å². The Kier molecular flexibility index (Phi) is 12.0. The van der Waals surface area contributed by atoms with E-state index in [0.717, 1.165) is 64.2 Å². The Labute approximate surface area is 142 Å². The van der Waals surface area contributed by atoms with Gasteiger partial charge in [-0.25, -0.2) is 0 Å². The van der Waals surface area contributed by atoms with E-state index >= 15 is 0 Å². The van der Waals surface area contributed by atoms with Crippen LogP contribution in [-0.4, -0.2) is 22.9 Å². The van der Waals surface area contributed by atoms with Gasteiger partial charge in [0.15, 0.2) is 0 Å². The van der Waals surface area contributed by atoms with Crippen LogP contribution in [0.4, 0.5) is 0 Å². The lowest BCUT2D eigenvalue weighted by atomic mass is 9.75. The predicted octanol–water partition coefficient (Wildman–Crippen LogP) is 4.69. The van der Waals surface area contributed by atoms with Crippen molar-refractivity contribution in [1.29, 1.82) is 0 Å². The summed E-state index contributed by atoms with van der Waals surface area (Å²) in [5.74, 6) is -1.11. The smallest absolute Gasteiger partial charge is 0.317 e. The van der Waals surface area contributed by atoms with Crippen molar-refractivity contribution in [3.63, 3.8) is 0 Å². The van der Waals surface area contributed by atoms with E-state index < -0.39 is 11.4 Å².